The number of rotatable bonds is 2. The lowest BCUT2D eigenvalue weighted by molar-refractivity contribution is 0.297. The largest absolute Gasteiger partial charge is 0.312 e. The van der Waals surface area contributed by atoms with Crippen LogP contribution in [0.5, 0.6) is 0 Å². The van der Waals surface area contributed by atoms with Crippen LogP contribution in [0.1, 0.15) is 20.3 Å². The van der Waals surface area contributed by atoms with Crippen molar-refractivity contribution in [3.63, 3.8) is 0 Å². The van der Waals surface area contributed by atoms with Crippen molar-refractivity contribution in [2.75, 3.05) is 19.6 Å². The predicted molar refractivity (Wildman–Crippen MR) is 46.3 cm³/mol. The fraction of sp³-hybridized carbons (Fsp3) is 0.889. The number of hydrogen-bond acceptors (Lipinski definition) is 1. The van der Waals surface area contributed by atoms with Gasteiger partial charge in [-0.15, -0.1) is 0 Å². The summed E-state index contributed by atoms with van der Waals surface area (Å²) in [6.07, 6.45) is 1.08. The minimum absolute atomic E-state index is 0.286. The molecule has 0 amide bonds. The van der Waals surface area contributed by atoms with Crippen LogP contribution in [0.15, 0.2) is 0 Å². The highest BCUT2D eigenvalue weighted by atomic mass is 15.2. The van der Waals surface area contributed by atoms with Crippen LogP contribution in [-0.4, -0.2) is 30.6 Å². The van der Waals surface area contributed by atoms with Crippen LogP contribution in [0.3, 0.4) is 0 Å². The normalized spacial score (nSPS) is 25.8. The van der Waals surface area contributed by atoms with E-state index in [0.29, 0.717) is 0 Å². The topological polar surface area (TPSA) is 7.60 Å². The first-order valence-electron chi connectivity index (χ1n) is 4.31. The molecule has 2 nitrogen and oxygen atoms in total. The van der Waals surface area contributed by atoms with Crippen LogP contribution in [0.4, 0.5) is 0 Å². The molecular formula is C9H16N2. The van der Waals surface area contributed by atoms with Gasteiger partial charge in [-0.05, 0) is 5.92 Å². The third kappa shape index (κ3) is 2.51. The Morgan fingerprint density at radius 2 is 2.36 bits per heavy atom. The SMILES string of the molecule is [C-]#[N+]C1CCN(CC(C)C)C1. The van der Waals surface area contributed by atoms with Crippen molar-refractivity contribution in [2.45, 2.75) is 26.3 Å². The highest BCUT2D eigenvalue weighted by molar-refractivity contribution is 4.88. The Bertz CT molecular complexity index is 157. The molecule has 0 aromatic carbocycles. The molecule has 11 heavy (non-hydrogen) atoms. The van der Waals surface area contributed by atoms with E-state index >= 15 is 0 Å². The van der Waals surface area contributed by atoms with Crippen molar-refractivity contribution in [3.05, 3.63) is 11.4 Å². The van der Waals surface area contributed by atoms with Crippen molar-refractivity contribution in [1.29, 1.82) is 0 Å². The Morgan fingerprint density at radius 1 is 1.64 bits per heavy atom. The van der Waals surface area contributed by atoms with Crippen molar-refractivity contribution in [3.8, 4) is 0 Å². The van der Waals surface area contributed by atoms with E-state index in [9.17, 15) is 0 Å². The molecule has 1 aliphatic rings. The average molecular weight is 152 g/mol. The summed E-state index contributed by atoms with van der Waals surface area (Å²) in [6, 6.07) is 0.286. The zero-order valence-electron chi connectivity index (χ0n) is 7.38. The summed E-state index contributed by atoms with van der Waals surface area (Å²) in [4.78, 5) is 5.95. The molecule has 1 fully saturated rings. The monoisotopic (exact) mass is 152 g/mol. The van der Waals surface area contributed by atoms with Gasteiger partial charge in [0, 0.05) is 19.5 Å². The van der Waals surface area contributed by atoms with Crippen LogP contribution >= 0.6 is 0 Å². The summed E-state index contributed by atoms with van der Waals surface area (Å²) in [5.74, 6) is 0.736. The van der Waals surface area contributed by atoms with E-state index in [-0.39, 0.29) is 6.04 Å². The fourth-order valence-corrected chi connectivity index (χ4v) is 1.60. The molecule has 1 aliphatic heterocycles. The Morgan fingerprint density at radius 3 is 2.82 bits per heavy atom. The van der Waals surface area contributed by atoms with Crippen LogP contribution < -0.4 is 0 Å². The summed E-state index contributed by atoms with van der Waals surface area (Å²) >= 11 is 0. The molecule has 2 heteroatoms. The van der Waals surface area contributed by atoms with Gasteiger partial charge in [-0.1, -0.05) is 13.8 Å². The Labute approximate surface area is 69.0 Å². The molecule has 0 N–H and O–H groups in total. The molecule has 0 radical (unpaired) electrons. The predicted octanol–water partition coefficient (Wildman–Crippen LogP) is 1.64. The maximum Gasteiger partial charge on any atom is 0.237 e. The second-order valence-corrected chi connectivity index (χ2v) is 3.73. The van der Waals surface area contributed by atoms with Gasteiger partial charge in [0.15, 0.2) is 0 Å². The molecule has 62 valence electrons. The highest BCUT2D eigenvalue weighted by Gasteiger charge is 2.25. The van der Waals surface area contributed by atoms with E-state index in [2.05, 4.69) is 23.6 Å². The molecule has 1 atom stereocenters. The lowest BCUT2D eigenvalue weighted by Crippen LogP contribution is -2.25. The molecule has 0 bridgehead atoms. The second-order valence-electron chi connectivity index (χ2n) is 3.73. The van der Waals surface area contributed by atoms with Gasteiger partial charge in [0.25, 0.3) is 0 Å². The molecule has 0 aromatic rings. The van der Waals surface area contributed by atoms with Gasteiger partial charge in [-0.2, -0.15) is 0 Å². The van der Waals surface area contributed by atoms with Gasteiger partial charge in [0.2, 0.25) is 6.04 Å². The van der Waals surface area contributed by atoms with E-state index in [4.69, 9.17) is 6.57 Å². The van der Waals surface area contributed by atoms with Gasteiger partial charge >= 0.3 is 0 Å². The molecule has 1 unspecified atom stereocenters. The maximum atomic E-state index is 6.87. The van der Waals surface area contributed by atoms with Gasteiger partial charge in [-0.3, -0.25) is 4.90 Å². The van der Waals surface area contributed by atoms with Crippen LogP contribution in [0, 0.1) is 12.5 Å². The van der Waals surface area contributed by atoms with E-state index in [1.54, 1.807) is 0 Å². The standard InChI is InChI=1S/C9H16N2/c1-8(2)6-11-5-4-9(7-11)10-3/h8-9H,4-7H2,1-2H3. The van der Waals surface area contributed by atoms with E-state index in [0.717, 1.165) is 32.0 Å². The first-order valence-corrected chi connectivity index (χ1v) is 4.31. The third-order valence-electron chi connectivity index (χ3n) is 2.05. The van der Waals surface area contributed by atoms with Gasteiger partial charge in [0.05, 0.1) is 6.54 Å². The Hall–Kier alpha value is -0.550. The van der Waals surface area contributed by atoms with E-state index in [1.807, 2.05) is 0 Å². The lowest BCUT2D eigenvalue weighted by Gasteiger charge is -2.15. The molecule has 0 aliphatic carbocycles. The summed E-state index contributed by atoms with van der Waals surface area (Å²) in [7, 11) is 0. The number of hydrogen-bond donors (Lipinski definition) is 0. The molecule has 1 saturated heterocycles. The molecule has 1 heterocycles. The number of likely N-dealkylation sites (tertiary alicyclic amines) is 1. The summed E-state index contributed by atoms with van der Waals surface area (Å²) in [5, 5.41) is 0. The first kappa shape index (κ1) is 8.55. The second kappa shape index (κ2) is 3.73. The molecule has 0 saturated carbocycles. The first-order chi connectivity index (χ1) is 5.22. The summed E-state index contributed by atoms with van der Waals surface area (Å²) in [5.41, 5.74) is 0. The lowest BCUT2D eigenvalue weighted by atomic mass is 10.2. The molecule has 0 aromatic heterocycles. The fourth-order valence-electron chi connectivity index (χ4n) is 1.60. The maximum absolute atomic E-state index is 6.87. The Balaban J connectivity index is 2.26. The van der Waals surface area contributed by atoms with Crippen molar-refractivity contribution < 1.29 is 0 Å². The quantitative estimate of drug-likeness (QED) is 0.546. The van der Waals surface area contributed by atoms with Gasteiger partial charge in [-0.25, -0.2) is 6.57 Å². The van der Waals surface area contributed by atoms with Crippen LogP contribution in [-0.2, 0) is 0 Å². The van der Waals surface area contributed by atoms with E-state index in [1.165, 1.54) is 0 Å². The Kier molecular flexibility index (Phi) is 2.90. The summed E-state index contributed by atoms with van der Waals surface area (Å²) < 4.78 is 0. The minimum Gasteiger partial charge on any atom is -0.312 e. The molecular weight excluding hydrogens is 136 g/mol. The van der Waals surface area contributed by atoms with Gasteiger partial charge in [0.1, 0.15) is 0 Å². The van der Waals surface area contributed by atoms with Crippen LogP contribution in [0.2, 0.25) is 0 Å². The smallest absolute Gasteiger partial charge is 0.237 e. The van der Waals surface area contributed by atoms with Gasteiger partial charge < -0.3 is 4.85 Å². The highest BCUT2D eigenvalue weighted by Crippen LogP contribution is 2.13. The van der Waals surface area contributed by atoms with Crippen LogP contribution in [0.25, 0.3) is 4.85 Å². The van der Waals surface area contributed by atoms with Crippen molar-refractivity contribution in [1.82, 2.24) is 4.90 Å². The average Bonchev–Trinajstić information content (AvgIpc) is 2.34. The van der Waals surface area contributed by atoms with E-state index < -0.39 is 0 Å². The molecule has 1 rings (SSSR count). The minimum atomic E-state index is 0.286. The zero-order chi connectivity index (χ0) is 8.27. The molecule has 0 spiro atoms. The van der Waals surface area contributed by atoms with Crippen molar-refractivity contribution >= 4 is 0 Å². The number of nitrogens with zero attached hydrogens (tertiary/aromatic N) is 2. The van der Waals surface area contributed by atoms with Crippen molar-refractivity contribution in [2.24, 2.45) is 5.92 Å². The summed E-state index contributed by atoms with van der Waals surface area (Å²) in [6.45, 7) is 14.6. The third-order valence-corrected chi connectivity index (χ3v) is 2.05. The zero-order valence-corrected chi connectivity index (χ0v) is 7.38.